The summed E-state index contributed by atoms with van der Waals surface area (Å²) in [6, 6.07) is 17.1. The van der Waals surface area contributed by atoms with Gasteiger partial charge in [-0.05, 0) is 54.4 Å². The van der Waals surface area contributed by atoms with Crippen LogP contribution >= 0.6 is 11.6 Å². The second-order valence-electron chi connectivity index (χ2n) is 6.63. The Morgan fingerprint density at radius 2 is 1.80 bits per heavy atom. The van der Waals surface area contributed by atoms with Crippen molar-refractivity contribution in [3.05, 3.63) is 83.0 Å². The number of nitrogens with one attached hydrogen (secondary N) is 1. The molecule has 1 aliphatic rings. The summed E-state index contributed by atoms with van der Waals surface area (Å²) in [5.41, 5.74) is 2.40. The normalized spacial score (nSPS) is 14.6. The smallest absolute Gasteiger partial charge is 0.284 e. The molecule has 0 unspecified atom stereocenters. The number of halogens is 1. The maximum Gasteiger partial charge on any atom is 0.284 e. The molecule has 0 atom stereocenters. The van der Waals surface area contributed by atoms with E-state index in [4.69, 9.17) is 11.6 Å². The maximum atomic E-state index is 13.1. The number of hydrazone groups is 1. The molecule has 2 heterocycles. The van der Waals surface area contributed by atoms with E-state index in [1.807, 2.05) is 31.2 Å². The summed E-state index contributed by atoms with van der Waals surface area (Å²) in [4.78, 5) is 16.9. The molecular formula is C21H17ClN4O3S. The summed E-state index contributed by atoms with van der Waals surface area (Å²) in [6.45, 7) is 2.10. The van der Waals surface area contributed by atoms with E-state index in [1.54, 1.807) is 24.3 Å². The average Bonchev–Trinajstić information content (AvgIpc) is 2.74. The molecule has 7 nitrogen and oxygen atoms in total. The van der Waals surface area contributed by atoms with Crippen LogP contribution < -0.4 is 10.3 Å². The minimum absolute atomic E-state index is 0.0870. The predicted molar refractivity (Wildman–Crippen MR) is 115 cm³/mol. The third-order valence-corrected chi connectivity index (χ3v) is 6.58. The number of anilines is 2. The number of hydrogen-bond acceptors (Lipinski definition) is 6. The van der Waals surface area contributed by atoms with E-state index in [0.29, 0.717) is 10.7 Å². The molecule has 1 aliphatic heterocycles. The lowest BCUT2D eigenvalue weighted by molar-refractivity contribution is -0.114. The lowest BCUT2D eigenvalue weighted by atomic mass is 10.1. The van der Waals surface area contributed by atoms with Crippen molar-refractivity contribution >= 4 is 43.9 Å². The van der Waals surface area contributed by atoms with Crippen molar-refractivity contribution in [2.75, 3.05) is 5.01 Å². The highest BCUT2D eigenvalue weighted by atomic mass is 35.5. The Morgan fingerprint density at radius 1 is 1.07 bits per heavy atom. The molecule has 152 valence electrons. The first-order chi connectivity index (χ1) is 14.4. The molecule has 0 spiro atoms. The van der Waals surface area contributed by atoms with Crippen molar-refractivity contribution in [3.8, 4) is 0 Å². The van der Waals surface area contributed by atoms with Crippen LogP contribution in [0.4, 0.5) is 11.5 Å². The number of rotatable bonds is 4. The Bertz CT molecular complexity index is 1260. The molecule has 4 rings (SSSR count). The molecule has 1 amide bonds. The van der Waals surface area contributed by atoms with E-state index in [-0.39, 0.29) is 17.3 Å². The summed E-state index contributed by atoms with van der Waals surface area (Å²) in [5, 5.41) is 8.07. The number of hydrogen-bond donors (Lipinski definition) is 1. The first-order valence-corrected chi connectivity index (χ1v) is 10.9. The standard InChI is InChI=1S/C21H17ClN4O3S/c1-14-5-2-3-6-15(14)13-24-20(27)21-25-26(17-10-8-16(22)9-11-17)19-18(30(21,28)29)7-4-12-23-19/h2-12H,13H2,1H3,(H,24,27). The summed E-state index contributed by atoms with van der Waals surface area (Å²) in [7, 11) is -4.14. The zero-order valence-electron chi connectivity index (χ0n) is 15.9. The second-order valence-corrected chi connectivity index (χ2v) is 8.90. The topological polar surface area (TPSA) is 91.7 Å². The lowest BCUT2D eigenvalue weighted by Crippen LogP contribution is -2.40. The minimum atomic E-state index is -4.14. The van der Waals surface area contributed by atoms with Gasteiger partial charge in [0.05, 0.1) is 5.69 Å². The molecule has 0 saturated carbocycles. The van der Waals surface area contributed by atoms with E-state index < -0.39 is 20.8 Å². The maximum absolute atomic E-state index is 13.1. The number of aryl methyl sites for hydroxylation is 1. The van der Waals surface area contributed by atoms with Crippen molar-refractivity contribution in [1.29, 1.82) is 0 Å². The third kappa shape index (κ3) is 3.67. The number of carbonyl (C=O) groups excluding carboxylic acids is 1. The largest absolute Gasteiger partial charge is 0.346 e. The summed E-state index contributed by atoms with van der Waals surface area (Å²) < 4.78 is 26.2. The summed E-state index contributed by atoms with van der Waals surface area (Å²) in [6.07, 6.45) is 1.47. The number of fused-ring (bicyclic) bond motifs is 1. The summed E-state index contributed by atoms with van der Waals surface area (Å²) >= 11 is 5.96. The molecule has 0 bridgehead atoms. The molecule has 0 saturated heterocycles. The molecule has 2 aromatic carbocycles. The number of benzene rings is 2. The van der Waals surface area contributed by atoms with Gasteiger partial charge in [-0.3, -0.25) is 4.79 Å². The van der Waals surface area contributed by atoms with Gasteiger partial charge in [-0.1, -0.05) is 35.9 Å². The van der Waals surface area contributed by atoms with Crippen molar-refractivity contribution < 1.29 is 13.2 Å². The Kier molecular flexibility index (Phi) is 5.27. The number of nitrogens with zero attached hydrogens (tertiary/aromatic N) is 3. The first-order valence-electron chi connectivity index (χ1n) is 9.05. The van der Waals surface area contributed by atoms with E-state index in [0.717, 1.165) is 11.1 Å². The van der Waals surface area contributed by atoms with Gasteiger partial charge in [-0.15, -0.1) is 5.10 Å². The Balaban J connectivity index is 1.73. The predicted octanol–water partition coefficient (Wildman–Crippen LogP) is 3.60. The SMILES string of the molecule is Cc1ccccc1CNC(=O)C1=NN(c2ccc(Cl)cc2)c2ncccc2S1(=O)=O. The van der Waals surface area contributed by atoms with Crippen LogP contribution in [0.5, 0.6) is 0 Å². The van der Waals surface area contributed by atoms with Gasteiger partial charge in [0.1, 0.15) is 4.90 Å². The average molecular weight is 441 g/mol. The molecule has 3 aromatic rings. The molecule has 0 aliphatic carbocycles. The Morgan fingerprint density at radius 3 is 2.53 bits per heavy atom. The molecule has 0 radical (unpaired) electrons. The Hall–Kier alpha value is -3.23. The van der Waals surface area contributed by atoms with Gasteiger partial charge in [-0.2, -0.15) is 0 Å². The minimum Gasteiger partial charge on any atom is -0.346 e. The van der Waals surface area contributed by atoms with E-state index in [1.165, 1.54) is 23.3 Å². The van der Waals surface area contributed by atoms with E-state index in [9.17, 15) is 13.2 Å². The quantitative estimate of drug-likeness (QED) is 0.669. The van der Waals surface area contributed by atoms with Crippen LogP contribution in [0, 0.1) is 6.92 Å². The lowest BCUT2D eigenvalue weighted by Gasteiger charge is -2.26. The van der Waals surface area contributed by atoms with Crippen molar-refractivity contribution in [3.63, 3.8) is 0 Å². The van der Waals surface area contributed by atoms with Crippen LogP contribution in [0.3, 0.4) is 0 Å². The molecular weight excluding hydrogens is 424 g/mol. The van der Waals surface area contributed by atoms with Gasteiger partial charge in [-0.25, -0.2) is 18.4 Å². The molecule has 0 fully saturated rings. The van der Waals surface area contributed by atoms with Crippen LogP contribution in [-0.2, 0) is 21.2 Å². The molecule has 1 aromatic heterocycles. The highest BCUT2D eigenvalue weighted by Gasteiger charge is 2.38. The van der Waals surface area contributed by atoms with Crippen LogP contribution in [0.2, 0.25) is 5.02 Å². The number of amides is 1. The number of pyridine rings is 1. The van der Waals surface area contributed by atoms with Gasteiger partial charge in [0, 0.05) is 17.8 Å². The van der Waals surface area contributed by atoms with Crippen LogP contribution in [0.1, 0.15) is 11.1 Å². The van der Waals surface area contributed by atoms with Gasteiger partial charge >= 0.3 is 0 Å². The Labute approximate surface area is 178 Å². The zero-order chi connectivity index (χ0) is 21.3. The van der Waals surface area contributed by atoms with Crippen molar-refractivity contribution in [2.45, 2.75) is 18.4 Å². The zero-order valence-corrected chi connectivity index (χ0v) is 17.5. The van der Waals surface area contributed by atoms with Crippen molar-refractivity contribution in [1.82, 2.24) is 10.3 Å². The molecule has 30 heavy (non-hydrogen) atoms. The van der Waals surface area contributed by atoms with E-state index >= 15 is 0 Å². The van der Waals surface area contributed by atoms with Crippen molar-refractivity contribution in [2.24, 2.45) is 5.10 Å². The number of sulfone groups is 1. The molecule has 1 N–H and O–H groups in total. The monoisotopic (exact) mass is 440 g/mol. The van der Waals surface area contributed by atoms with Crippen LogP contribution in [0.25, 0.3) is 0 Å². The highest BCUT2D eigenvalue weighted by Crippen LogP contribution is 2.35. The highest BCUT2D eigenvalue weighted by molar-refractivity contribution is 8.08. The van der Waals surface area contributed by atoms with Crippen LogP contribution in [0.15, 0.2) is 76.9 Å². The van der Waals surface area contributed by atoms with Crippen LogP contribution in [-0.4, -0.2) is 24.4 Å². The van der Waals surface area contributed by atoms with Gasteiger partial charge in [0.2, 0.25) is 14.9 Å². The number of carbonyl (C=O) groups is 1. The second kappa shape index (κ2) is 7.89. The van der Waals surface area contributed by atoms with Gasteiger partial charge < -0.3 is 5.32 Å². The number of aromatic nitrogens is 1. The van der Waals surface area contributed by atoms with Gasteiger partial charge in [0.25, 0.3) is 5.91 Å². The van der Waals surface area contributed by atoms with E-state index in [2.05, 4.69) is 15.4 Å². The first kappa shape index (κ1) is 20.1. The fourth-order valence-electron chi connectivity index (χ4n) is 3.04. The molecule has 9 heteroatoms. The van der Waals surface area contributed by atoms with Gasteiger partial charge in [0.15, 0.2) is 5.82 Å². The third-order valence-electron chi connectivity index (χ3n) is 4.65. The fourth-order valence-corrected chi connectivity index (χ4v) is 4.51. The fraction of sp³-hybridized carbons (Fsp3) is 0.0952. The summed E-state index contributed by atoms with van der Waals surface area (Å²) in [5.74, 6) is -0.665.